The lowest BCUT2D eigenvalue weighted by Crippen LogP contribution is -2.64. The third-order valence-corrected chi connectivity index (χ3v) is 13.4. The molecule has 1 fully saturated rings. The molecule has 8 atom stereocenters. The molecule has 0 bridgehead atoms. The summed E-state index contributed by atoms with van der Waals surface area (Å²) in [6.07, 6.45) is 37.6. The summed E-state index contributed by atoms with van der Waals surface area (Å²) in [5.74, 6) is -1.10. The highest BCUT2D eigenvalue weighted by Gasteiger charge is 2.51. The van der Waals surface area contributed by atoms with Crippen LogP contribution in [0.25, 0.3) is 0 Å². The molecule has 0 saturated heterocycles. The summed E-state index contributed by atoms with van der Waals surface area (Å²) >= 11 is 0. The smallest absolute Gasteiger partial charge is 0.462 e. The number of ether oxygens (including phenoxy) is 2. The lowest BCUT2D eigenvalue weighted by atomic mass is 9.85. The number of carbonyl (C=O) groups excluding carboxylic acids is 2. The number of phosphoric acid groups is 1. The van der Waals surface area contributed by atoms with E-state index in [0.717, 1.165) is 77.0 Å². The molecule has 1 aliphatic carbocycles. The summed E-state index contributed by atoms with van der Waals surface area (Å²) in [4.78, 5) is 35.9. The molecule has 0 aromatic rings. The second-order valence-corrected chi connectivity index (χ2v) is 20.1. The molecule has 1 saturated carbocycles. The molecular weight excluding hydrogens is 876 g/mol. The van der Waals surface area contributed by atoms with E-state index in [0.29, 0.717) is 12.8 Å². The van der Waals surface area contributed by atoms with Crippen LogP contribution in [-0.2, 0) is 32.7 Å². The van der Waals surface area contributed by atoms with Gasteiger partial charge in [0.05, 0.1) is 6.61 Å². The van der Waals surface area contributed by atoms with Gasteiger partial charge in [0.2, 0.25) is 0 Å². The Balaban J connectivity index is 2.37. The number of rotatable bonds is 45. The fourth-order valence-corrected chi connectivity index (χ4v) is 9.11. The van der Waals surface area contributed by atoms with Crippen LogP contribution in [0.3, 0.4) is 0 Å². The van der Waals surface area contributed by atoms with Crippen LogP contribution in [0.5, 0.6) is 0 Å². The van der Waals surface area contributed by atoms with E-state index < -0.39 is 75.7 Å². The lowest BCUT2D eigenvalue weighted by molar-refractivity contribution is -0.220. The number of aliphatic hydroxyl groups is 5. The normalized spacial score (nSPS) is 21.4. The van der Waals surface area contributed by atoms with Crippen LogP contribution in [0.15, 0.2) is 36.5 Å². The van der Waals surface area contributed by atoms with Gasteiger partial charge < -0.3 is 39.9 Å². The molecule has 6 unspecified atom stereocenters. The Hall–Kier alpha value is -1.93. The zero-order chi connectivity index (χ0) is 49.2. The Kier molecular flexibility index (Phi) is 40.4. The molecule has 392 valence electrons. The van der Waals surface area contributed by atoms with Crippen LogP contribution < -0.4 is 0 Å². The Bertz CT molecular complexity index is 1310. The van der Waals surface area contributed by atoms with E-state index in [9.17, 15) is 44.6 Å². The molecular formula is C53H97O13P. The summed E-state index contributed by atoms with van der Waals surface area (Å²) in [5, 5.41) is 50.3. The van der Waals surface area contributed by atoms with E-state index in [2.05, 4.69) is 50.3 Å². The summed E-state index contributed by atoms with van der Waals surface area (Å²) in [5.41, 5.74) is 0. The van der Waals surface area contributed by atoms with E-state index in [1.54, 1.807) is 0 Å². The van der Waals surface area contributed by atoms with Gasteiger partial charge in [0.15, 0.2) is 6.10 Å². The number of carbonyl (C=O) groups is 2. The molecule has 1 aliphatic rings. The molecule has 6 N–H and O–H groups in total. The maximum absolute atomic E-state index is 12.9. The second kappa shape index (κ2) is 42.9. The van der Waals surface area contributed by atoms with Gasteiger partial charge in [-0.05, 0) is 70.6 Å². The van der Waals surface area contributed by atoms with E-state index in [1.165, 1.54) is 116 Å². The summed E-state index contributed by atoms with van der Waals surface area (Å²) in [6.45, 7) is 3.30. The van der Waals surface area contributed by atoms with Crippen molar-refractivity contribution in [2.24, 2.45) is 0 Å². The molecule has 13 nitrogen and oxygen atoms in total. The van der Waals surface area contributed by atoms with E-state index in [1.807, 2.05) is 0 Å². The highest BCUT2D eigenvalue weighted by Crippen LogP contribution is 2.47. The largest absolute Gasteiger partial charge is 0.472 e. The molecule has 67 heavy (non-hydrogen) atoms. The first-order chi connectivity index (χ1) is 32.4. The van der Waals surface area contributed by atoms with E-state index in [-0.39, 0.29) is 12.8 Å². The summed E-state index contributed by atoms with van der Waals surface area (Å²) < 4.78 is 33.7. The van der Waals surface area contributed by atoms with Crippen LogP contribution in [-0.4, -0.2) is 98.3 Å². The number of aliphatic hydroxyl groups excluding tert-OH is 5. The fourth-order valence-electron chi connectivity index (χ4n) is 8.14. The monoisotopic (exact) mass is 973 g/mol. The van der Waals surface area contributed by atoms with Crippen molar-refractivity contribution in [2.75, 3.05) is 13.2 Å². The van der Waals surface area contributed by atoms with Crippen molar-refractivity contribution in [3.05, 3.63) is 36.5 Å². The van der Waals surface area contributed by atoms with Crippen LogP contribution in [0.2, 0.25) is 0 Å². The number of hydrogen-bond acceptors (Lipinski definition) is 12. The minimum atomic E-state index is -5.12. The summed E-state index contributed by atoms with van der Waals surface area (Å²) in [6, 6.07) is 0. The van der Waals surface area contributed by atoms with Crippen molar-refractivity contribution in [3.8, 4) is 0 Å². The Morgan fingerprint density at radius 3 is 1.25 bits per heavy atom. The number of hydrogen-bond donors (Lipinski definition) is 6. The van der Waals surface area contributed by atoms with Gasteiger partial charge in [0, 0.05) is 12.8 Å². The molecule has 14 heteroatoms. The standard InChI is InChI=1S/C53H97O13P/c1-3-5-7-9-11-13-15-17-19-21-22-23-24-26-27-29-31-33-35-37-39-41-46(54)63-43-45(44-64-67(61,62)66-53-51(59)49(57)48(56)50(58)52(53)60)65-47(55)42-40-38-36-34-32-30-28-25-20-18-16-14-12-10-8-6-4-2/h12,14,17-20,45,48-53,56-60H,3-11,13,15-16,21-44H2,1-2H3,(H,61,62)/b14-12+,19-17+,20-18+/t45-,48?,49-,50?,51?,52?,53?/m0/s1. The van der Waals surface area contributed by atoms with Gasteiger partial charge >= 0.3 is 19.8 Å². The average Bonchev–Trinajstić information content (AvgIpc) is 3.31. The topological polar surface area (TPSA) is 210 Å². The first-order valence-electron chi connectivity index (χ1n) is 26.8. The van der Waals surface area contributed by atoms with Crippen molar-refractivity contribution in [2.45, 2.75) is 275 Å². The van der Waals surface area contributed by atoms with Crippen molar-refractivity contribution in [1.82, 2.24) is 0 Å². The molecule has 1 rings (SSSR count). The Labute approximate surface area is 406 Å². The van der Waals surface area contributed by atoms with Gasteiger partial charge in [-0.2, -0.15) is 0 Å². The number of unbranched alkanes of at least 4 members (excludes halogenated alkanes) is 27. The zero-order valence-electron chi connectivity index (χ0n) is 41.9. The average molecular weight is 973 g/mol. The van der Waals surface area contributed by atoms with Gasteiger partial charge in [-0.3, -0.25) is 18.6 Å². The molecule has 0 aromatic carbocycles. The molecule has 0 amide bonds. The highest BCUT2D eigenvalue weighted by atomic mass is 31.2. The maximum atomic E-state index is 12.9. The second-order valence-electron chi connectivity index (χ2n) is 18.7. The van der Waals surface area contributed by atoms with E-state index in [4.69, 9.17) is 18.5 Å². The maximum Gasteiger partial charge on any atom is 0.472 e. The van der Waals surface area contributed by atoms with Crippen molar-refractivity contribution in [1.29, 1.82) is 0 Å². The van der Waals surface area contributed by atoms with Gasteiger partial charge in [0.1, 0.15) is 43.2 Å². The van der Waals surface area contributed by atoms with Gasteiger partial charge in [-0.25, -0.2) is 4.57 Å². The van der Waals surface area contributed by atoms with Gasteiger partial charge in [-0.15, -0.1) is 0 Å². The third-order valence-electron chi connectivity index (χ3n) is 12.5. The lowest BCUT2D eigenvalue weighted by Gasteiger charge is -2.41. The third kappa shape index (κ3) is 34.9. The van der Waals surface area contributed by atoms with Crippen molar-refractivity contribution >= 4 is 19.8 Å². The van der Waals surface area contributed by atoms with Crippen LogP contribution >= 0.6 is 7.82 Å². The number of phosphoric ester groups is 1. The number of esters is 2. The zero-order valence-corrected chi connectivity index (χ0v) is 42.8. The molecule has 0 heterocycles. The van der Waals surface area contributed by atoms with Gasteiger partial charge in [0.25, 0.3) is 0 Å². The SMILES string of the molecule is CCCCC/C=C/C/C=C/CCCCCCCCCC(=O)O[C@@H](COC(=O)CCCCCCCCCCCCC/C=C/CCCCCCCC)COP(=O)(O)OC1C(O)C(O)C(O)[C@H](O)C1O. The van der Waals surface area contributed by atoms with Crippen LogP contribution in [0.1, 0.15) is 232 Å². The quantitative estimate of drug-likeness (QED) is 0.0145. The van der Waals surface area contributed by atoms with Crippen molar-refractivity contribution < 1.29 is 63.1 Å². The molecule has 0 aromatic heterocycles. The molecule has 0 spiro atoms. The Morgan fingerprint density at radius 2 is 0.806 bits per heavy atom. The first-order valence-corrected chi connectivity index (χ1v) is 28.3. The predicted molar refractivity (Wildman–Crippen MR) is 267 cm³/mol. The molecule has 0 radical (unpaired) electrons. The van der Waals surface area contributed by atoms with Crippen LogP contribution in [0.4, 0.5) is 0 Å². The minimum absolute atomic E-state index is 0.0887. The number of allylic oxidation sites excluding steroid dienone is 6. The Morgan fingerprint density at radius 1 is 0.463 bits per heavy atom. The van der Waals surface area contributed by atoms with Crippen LogP contribution in [0, 0.1) is 0 Å². The fraction of sp³-hybridized carbons (Fsp3) is 0.849. The predicted octanol–water partition coefficient (Wildman–Crippen LogP) is 11.7. The van der Waals surface area contributed by atoms with Crippen molar-refractivity contribution in [3.63, 3.8) is 0 Å². The minimum Gasteiger partial charge on any atom is -0.462 e. The van der Waals surface area contributed by atoms with E-state index >= 15 is 0 Å². The highest BCUT2D eigenvalue weighted by molar-refractivity contribution is 7.47. The summed E-state index contributed by atoms with van der Waals surface area (Å²) in [7, 11) is -5.12. The first kappa shape index (κ1) is 63.1. The van der Waals surface area contributed by atoms with Gasteiger partial charge in [-0.1, -0.05) is 185 Å². The molecule has 0 aliphatic heterocycles.